The molecule has 4 nitrogen and oxygen atoms in total. The van der Waals surface area contributed by atoms with Crippen LogP contribution in [0, 0.1) is 12.7 Å². The van der Waals surface area contributed by atoms with Crippen molar-refractivity contribution in [1.82, 2.24) is 0 Å². The number of carbonyl (C=O) groups excluding carboxylic acids is 1. The van der Waals surface area contributed by atoms with Crippen LogP contribution in [-0.4, -0.2) is 17.7 Å². The first-order valence-corrected chi connectivity index (χ1v) is 7.47. The van der Waals surface area contributed by atoms with E-state index in [1.807, 2.05) is 25.1 Å². The summed E-state index contributed by atoms with van der Waals surface area (Å²) in [5, 5.41) is 6.83. The lowest BCUT2D eigenvalue weighted by molar-refractivity contribution is -0.125. The van der Waals surface area contributed by atoms with Crippen LogP contribution < -0.4 is 5.32 Å². The third kappa shape index (κ3) is 3.35. The molecular weight excluding hydrogens is 319 g/mol. The van der Waals surface area contributed by atoms with Crippen LogP contribution in [-0.2, 0) is 9.63 Å². The molecule has 1 N–H and O–H groups in total. The molecule has 0 spiro atoms. The first-order chi connectivity index (χ1) is 11.0. The quantitative estimate of drug-likeness (QED) is 0.926. The van der Waals surface area contributed by atoms with Crippen LogP contribution in [0.1, 0.15) is 17.5 Å². The molecule has 23 heavy (non-hydrogen) atoms. The highest BCUT2D eigenvalue weighted by Crippen LogP contribution is 2.26. The van der Waals surface area contributed by atoms with E-state index < -0.39 is 11.9 Å². The predicted molar refractivity (Wildman–Crippen MR) is 87.2 cm³/mol. The summed E-state index contributed by atoms with van der Waals surface area (Å²) in [5.74, 6) is -0.818. The van der Waals surface area contributed by atoms with Crippen molar-refractivity contribution in [1.29, 1.82) is 0 Å². The fourth-order valence-corrected chi connectivity index (χ4v) is 2.66. The molecule has 0 saturated heterocycles. The minimum atomic E-state index is -0.804. The number of oxime groups is 1. The van der Waals surface area contributed by atoms with Gasteiger partial charge in [-0.25, -0.2) is 4.39 Å². The van der Waals surface area contributed by atoms with E-state index >= 15 is 0 Å². The molecule has 1 heterocycles. The first-order valence-electron chi connectivity index (χ1n) is 7.09. The van der Waals surface area contributed by atoms with Gasteiger partial charge in [-0.1, -0.05) is 35.0 Å². The molecule has 0 fully saturated rings. The molecule has 0 bridgehead atoms. The summed E-state index contributed by atoms with van der Waals surface area (Å²) in [6, 6.07) is 11.8. The van der Waals surface area contributed by atoms with Crippen molar-refractivity contribution < 1.29 is 14.0 Å². The Hall–Kier alpha value is -2.40. The summed E-state index contributed by atoms with van der Waals surface area (Å²) in [7, 11) is 0. The van der Waals surface area contributed by atoms with E-state index in [-0.39, 0.29) is 22.9 Å². The molecule has 3 rings (SSSR count). The number of nitrogens with one attached hydrogen (secondary N) is 1. The smallest absolute Gasteiger partial charge is 0.268 e. The Morgan fingerprint density at radius 1 is 1.35 bits per heavy atom. The van der Waals surface area contributed by atoms with Gasteiger partial charge in [0, 0.05) is 12.1 Å². The normalized spacial score (nSPS) is 16.7. The summed E-state index contributed by atoms with van der Waals surface area (Å²) >= 11 is 6.01. The Balaban J connectivity index is 1.70. The fourth-order valence-electron chi connectivity index (χ4n) is 2.38. The summed E-state index contributed by atoms with van der Waals surface area (Å²) in [5.41, 5.74) is 2.22. The Bertz CT molecular complexity index is 772. The molecule has 1 aliphatic rings. The van der Waals surface area contributed by atoms with Gasteiger partial charge in [0.25, 0.3) is 5.91 Å². The molecule has 2 aromatic carbocycles. The lowest BCUT2D eigenvalue weighted by atomic mass is 10.0. The van der Waals surface area contributed by atoms with Crippen LogP contribution in [0.2, 0.25) is 5.02 Å². The highest BCUT2D eigenvalue weighted by Gasteiger charge is 2.31. The van der Waals surface area contributed by atoms with Crippen LogP contribution in [0.4, 0.5) is 10.1 Å². The monoisotopic (exact) mass is 332 g/mol. The SMILES string of the molecule is Cc1cccc(NC(=O)C2CC(c3c(F)cccc3Cl)=NO2)c1. The number of halogens is 2. The summed E-state index contributed by atoms with van der Waals surface area (Å²) in [4.78, 5) is 17.4. The Morgan fingerprint density at radius 3 is 2.87 bits per heavy atom. The molecule has 0 aromatic heterocycles. The van der Waals surface area contributed by atoms with Gasteiger partial charge < -0.3 is 10.2 Å². The van der Waals surface area contributed by atoms with Gasteiger partial charge in [0.15, 0.2) is 0 Å². The summed E-state index contributed by atoms with van der Waals surface area (Å²) < 4.78 is 13.9. The Morgan fingerprint density at radius 2 is 2.13 bits per heavy atom. The minimum Gasteiger partial charge on any atom is -0.382 e. The molecular formula is C17H14ClFN2O2. The number of rotatable bonds is 3. The van der Waals surface area contributed by atoms with E-state index in [0.717, 1.165) is 5.56 Å². The standard InChI is InChI=1S/C17H14ClFN2O2/c1-10-4-2-5-11(8-10)20-17(22)15-9-14(21-23-15)16-12(18)6-3-7-13(16)19/h2-8,15H,9H2,1H3,(H,20,22). The predicted octanol–water partition coefficient (Wildman–Crippen LogP) is 3.92. The maximum absolute atomic E-state index is 13.9. The van der Waals surface area contributed by atoms with Gasteiger partial charge in [-0.2, -0.15) is 0 Å². The fraction of sp³-hybridized carbons (Fsp3) is 0.176. The molecule has 1 amide bonds. The lowest BCUT2D eigenvalue weighted by Crippen LogP contribution is -2.28. The van der Waals surface area contributed by atoms with Crippen molar-refractivity contribution in [2.75, 3.05) is 5.32 Å². The van der Waals surface area contributed by atoms with E-state index in [9.17, 15) is 9.18 Å². The second-order valence-corrected chi connectivity index (χ2v) is 5.70. The molecule has 0 radical (unpaired) electrons. The van der Waals surface area contributed by atoms with Gasteiger partial charge in [-0.3, -0.25) is 4.79 Å². The molecule has 0 aliphatic carbocycles. The average Bonchev–Trinajstić information content (AvgIpc) is 2.97. The Labute approximate surface area is 137 Å². The van der Waals surface area contributed by atoms with Gasteiger partial charge in [-0.05, 0) is 36.8 Å². The molecule has 1 aliphatic heterocycles. The van der Waals surface area contributed by atoms with Crippen LogP contribution in [0.25, 0.3) is 0 Å². The van der Waals surface area contributed by atoms with E-state index in [1.54, 1.807) is 12.1 Å². The molecule has 0 saturated carbocycles. The second-order valence-electron chi connectivity index (χ2n) is 5.29. The van der Waals surface area contributed by atoms with E-state index in [2.05, 4.69) is 10.5 Å². The number of benzene rings is 2. The van der Waals surface area contributed by atoms with Crippen molar-refractivity contribution in [3.8, 4) is 0 Å². The number of carbonyl (C=O) groups is 1. The average molecular weight is 333 g/mol. The van der Waals surface area contributed by atoms with Crippen molar-refractivity contribution in [3.05, 3.63) is 64.4 Å². The number of hydrogen-bond acceptors (Lipinski definition) is 3. The number of aryl methyl sites for hydroxylation is 1. The molecule has 2 aromatic rings. The zero-order valence-corrected chi connectivity index (χ0v) is 13.1. The minimum absolute atomic E-state index is 0.165. The number of amides is 1. The number of anilines is 1. The molecule has 1 unspecified atom stereocenters. The molecule has 1 atom stereocenters. The lowest BCUT2D eigenvalue weighted by Gasteiger charge is -2.10. The number of hydrogen-bond donors (Lipinski definition) is 1. The first kappa shape index (κ1) is 15.5. The third-order valence-corrected chi connectivity index (χ3v) is 3.81. The van der Waals surface area contributed by atoms with Crippen molar-refractivity contribution >= 4 is 28.9 Å². The van der Waals surface area contributed by atoms with E-state index in [1.165, 1.54) is 12.1 Å². The molecule has 6 heteroatoms. The van der Waals surface area contributed by atoms with Gasteiger partial charge >= 0.3 is 0 Å². The third-order valence-electron chi connectivity index (χ3n) is 3.50. The van der Waals surface area contributed by atoms with Gasteiger partial charge in [0.2, 0.25) is 6.10 Å². The maximum atomic E-state index is 13.9. The highest BCUT2D eigenvalue weighted by molar-refractivity contribution is 6.34. The Kier molecular flexibility index (Phi) is 4.30. The zero-order valence-electron chi connectivity index (χ0n) is 12.3. The van der Waals surface area contributed by atoms with Crippen molar-refractivity contribution in [3.63, 3.8) is 0 Å². The largest absolute Gasteiger partial charge is 0.382 e. The van der Waals surface area contributed by atoms with Crippen LogP contribution in [0.3, 0.4) is 0 Å². The maximum Gasteiger partial charge on any atom is 0.268 e. The van der Waals surface area contributed by atoms with E-state index in [4.69, 9.17) is 16.4 Å². The van der Waals surface area contributed by atoms with Crippen molar-refractivity contribution in [2.24, 2.45) is 5.16 Å². The molecule has 118 valence electrons. The van der Waals surface area contributed by atoms with Gasteiger partial charge in [0.05, 0.1) is 16.3 Å². The van der Waals surface area contributed by atoms with Gasteiger partial charge in [0.1, 0.15) is 5.82 Å². The highest BCUT2D eigenvalue weighted by atomic mass is 35.5. The zero-order chi connectivity index (χ0) is 16.4. The number of nitrogens with zero attached hydrogens (tertiary/aromatic N) is 1. The van der Waals surface area contributed by atoms with Crippen LogP contribution >= 0.6 is 11.6 Å². The summed E-state index contributed by atoms with van der Waals surface area (Å²) in [6.45, 7) is 1.93. The van der Waals surface area contributed by atoms with Crippen molar-refractivity contribution in [2.45, 2.75) is 19.4 Å². The van der Waals surface area contributed by atoms with Gasteiger partial charge in [-0.15, -0.1) is 0 Å². The van der Waals surface area contributed by atoms with Crippen LogP contribution in [0.5, 0.6) is 0 Å². The topological polar surface area (TPSA) is 50.7 Å². The second kappa shape index (κ2) is 6.38. The summed E-state index contributed by atoms with van der Waals surface area (Å²) in [6.07, 6.45) is -0.639. The van der Waals surface area contributed by atoms with Crippen LogP contribution in [0.15, 0.2) is 47.6 Å². The van der Waals surface area contributed by atoms with E-state index in [0.29, 0.717) is 11.4 Å².